The molecule has 3 rings (SSSR count). The van der Waals surface area contributed by atoms with Crippen LogP contribution in [0.15, 0.2) is 40.7 Å². The lowest BCUT2D eigenvalue weighted by atomic mass is 10.2. The van der Waals surface area contributed by atoms with Crippen molar-refractivity contribution in [2.45, 2.75) is 25.9 Å². The largest absolute Gasteiger partial charge is 0.375 e. The summed E-state index contributed by atoms with van der Waals surface area (Å²) in [7, 11) is 1.79. The molecule has 6 nitrogen and oxygen atoms in total. The van der Waals surface area contributed by atoms with Gasteiger partial charge in [0, 0.05) is 45.0 Å². The Bertz CT molecular complexity index is 697. The van der Waals surface area contributed by atoms with Gasteiger partial charge < -0.3 is 20.3 Å². The van der Waals surface area contributed by atoms with Crippen molar-refractivity contribution < 1.29 is 4.74 Å². The van der Waals surface area contributed by atoms with Crippen molar-refractivity contribution in [3.63, 3.8) is 0 Å². The quantitative estimate of drug-likeness (QED) is 0.394. The number of guanidine groups is 1. The summed E-state index contributed by atoms with van der Waals surface area (Å²) in [6.07, 6.45) is 3.47. The van der Waals surface area contributed by atoms with Crippen LogP contribution in [-0.4, -0.2) is 50.8 Å². The molecule has 2 N–H and O–H groups in total. The number of hydrogen-bond donors (Lipinski definition) is 2. The molecule has 1 aliphatic rings. The Labute approximate surface area is 165 Å². The zero-order valence-electron chi connectivity index (χ0n) is 16.0. The summed E-state index contributed by atoms with van der Waals surface area (Å²) >= 11 is 1.75. The number of nitrogens with one attached hydrogen (secondary N) is 2. The Morgan fingerprint density at radius 1 is 1.19 bits per heavy atom. The number of thiazole rings is 1. The van der Waals surface area contributed by atoms with Crippen LogP contribution in [0.4, 0.5) is 5.13 Å². The molecule has 1 aromatic heterocycles. The fraction of sp³-hybridized carbons (Fsp3) is 0.500. The Balaban J connectivity index is 1.29. The lowest BCUT2D eigenvalue weighted by Crippen LogP contribution is -2.39. The van der Waals surface area contributed by atoms with Crippen molar-refractivity contribution in [2.24, 2.45) is 4.99 Å². The molecule has 0 unspecified atom stereocenters. The monoisotopic (exact) mass is 387 g/mol. The number of aromatic nitrogens is 1. The number of hydrogen-bond acceptors (Lipinski definition) is 5. The third kappa shape index (κ3) is 6.52. The first kappa shape index (κ1) is 19.6. The molecule has 0 saturated carbocycles. The van der Waals surface area contributed by atoms with Crippen LogP contribution in [0, 0.1) is 0 Å². The highest BCUT2D eigenvalue weighted by Gasteiger charge is 2.15. The van der Waals surface area contributed by atoms with Gasteiger partial charge in [-0.25, -0.2) is 4.98 Å². The molecule has 1 saturated heterocycles. The topological polar surface area (TPSA) is 61.8 Å². The second-order valence-electron chi connectivity index (χ2n) is 6.53. The highest BCUT2D eigenvalue weighted by molar-refractivity contribution is 7.13. The summed E-state index contributed by atoms with van der Waals surface area (Å²) in [4.78, 5) is 11.4. The maximum Gasteiger partial charge on any atom is 0.191 e. The van der Waals surface area contributed by atoms with Gasteiger partial charge in [-0.2, -0.15) is 0 Å². The van der Waals surface area contributed by atoms with Crippen LogP contribution in [-0.2, 0) is 17.8 Å². The van der Waals surface area contributed by atoms with E-state index in [4.69, 9.17) is 9.72 Å². The lowest BCUT2D eigenvalue weighted by Gasteiger charge is -2.12. The van der Waals surface area contributed by atoms with E-state index in [1.165, 1.54) is 23.5 Å². The highest BCUT2D eigenvalue weighted by Crippen LogP contribution is 2.24. The van der Waals surface area contributed by atoms with Crippen LogP contribution >= 0.6 is 11.3 Å². The molecule has 0 bridgehead atoms. The van der Waals surface area contributed by atoms with Gasteiger partial charge in [0.25, 0.3) is 0 Å². The van der Waals surface area contributed by atoms with E-state index in [2.05, 4.69) is 38.0 Å². The minimum absolute atomic E-state index is 0.637. The molecule has 0 atom stereocenters. The predicted molar refractivity (Wildman–Crippen MR) is 113 cm³/mol. The molecule has 1 fully saturated rings. The van der Waals surface area contributed by atoms with Gasteiger partial charge in [0.05, 0.1) is 18.9 Å². The van der Waals surface area contributed by atoms with E-state index in [-0.39, 0.29) is 0 Å². The van der Waals surface area contributed by atoms with E-state index in [0.29, 0.717) is 13.2 Å². The smallest absolute Gasteiger partial charge is 0.191 e. The molecule has 2 heterocycles. The van der Waals surface area contributed by atoms with Crippen molar-refractivity contribution in [2.75, 3.05) is 44.7 Å². The van der Waals surface area contributed by atoms with Gasteiger partial charge in [0.2, 0.25) is 0 Å². The van der Waals surface area contributed by atoms with Crippen LogP contribution in [0.3, 0.4) is 0 Å². The first-order chi connectivity index (χ1) is 13.3. The van der Waals surface area contributed by atoms with Crippen molar-refractivity contribution in [1.82, 2.24) is 15.6 Å². The molecule has 27 heavy (non-hydrogen) atoms. The first-order valence-corrected chi connectivity index (χ1v) is 10.5. The number of nitrogens with zero attached hydrogens (tertiary/aromatic N) is 3. The molecule has 0 radical (unpaired) electrons. The molecule has 146 valence electrons. The van der Waals surface area contributed by atoms with E-state index in [9.17, 15) is 0 Å². The lowest BCUT2D eigenvalue weighted by molar-refractivity contribution is 0.125. The molecule has 2 aromatic rings. The maximum atomic E-state index is 5.68. The number of benzene rings is 1. The summed E-state index contributed by atoms with van der Waals surface area (Å²) in [5.74, 6) is 0.799. The van der Waals surface area contributed by atoms with Crippen LogP contribution in [0.5, 0.6) is 0 Å². The van der Waals surface area contributed by atoms with Gasteiger partial charge in [-0.1, -0.05) is 30.3 Å². The summed E-state index contributed by atoms with van der Waals surface area (Å²) in [5.41, 5.74) is 2.34. The number of anilines is 1. The normalized spacial score (nSPS) is 14.6. The van der Waals surface area contributed by atoms with Gasteiger partial charge in [-0.3, -0.25) is 4.99 Å². The van der Waals surface area contributed by atoms with Crippen LogP contribution in [0.2, 0.25) is 0 Å². The number of ether oxygens (including phenoxy) is 1. The van der Waals surface area contributed by atoms with Crippen LogP contribution < -0.4 is 15.5 Å². The summed E-state index contributed by atoms with van der Waals surface area (Å²) in [6.45, 7) is 5.11. The Hall–Kier alpha value is -2.12. The molecular formula is C20H29N5OS. The first-order valence-electron chi connectivity index (χ1n) is 9.60. The van der Waals surface area contributed by atoms with Crippen LogP contribution in [0.1, 0.15) is 24.1 Å². The molecule has 0 spiro atoms. The summed E-state index contributed by atoms with van der Waals surface area (Å²) in [5, 5.41) is 9.96. The fourth-order valence-electron chi connectivity index (χ4n) is 3.00. The Morgan fingerprint density at radius 3 is 2.74 bits per heavy atom. The summed E-state index contributed by atoms with van der Waals surface area (Å²) < 4.78 is 5.68. The molecule has 0 amide bonds. The van der Waals surface area contributed by atoms with Gasteiger partial charge in [-0.15, -0.1) is 11.3 Å². The minimum Gasteiger partial charge on any atom is -0.375 e. The van der Waals surface area contributed by atoms with Gasteiger partial charge in [0.15, 0.2) is 11.1 Å². The van der Waals surface area contributed by atoms with Crippen molar-refractivity contribution >= 4 is 22.4 Å². The second kappa shape index (κ2) is 10.9. The molecule has 1 aliphatic heterocycles. The molecular weight excluding hydrogens is 358 g/mol. The molecule has 1 aromatic carbocycles. The third-order valence-corrected chi connectivity index (χ3v) is 5.41. The minimum atomic E-state index is 0.637. The van der Waals surface area contributed by atoms with Crippen molar-refractivity contribution in [3.8, 4) is 0 Å². The van der Waals surface area contributed by atoms with E-state index in [1.54, 1.807) is 18.4 Å². The van der Waals surface area contributed by atoms with Crippen molar-refractivity contribution in [3.05, 3.63) is 47.0 Å². The Morgan fingerprint density at radius 2 is 1.96 bits per heavy atom. The number of aliphatic imine (C=N–C) groups is 1. The molecule has 7 heteroatoms. The maximum absolute atomic E-state index is 5.68. The third-order valence-electron chi connectivity index (χ3n) is 4.46. The van der Waals surface area contributed by atoms with E-state index >= 15 is 0 Å². The van der Waals surface area contributed by atoms with E-state index < -0.39 is 0 Å². The van der Waals surface area contributed by atoms with Gasteiger partial charge in [0.1, 0.15) is 0 Å². The SMILES string of the molecule is CN=C(NCCOCc1ccccc1)NCCc1csc(N2CCCC2)n1. The summed E-state index contributed by atoms with van der Waals surface area (Å²) in [6, 6.07) is 10.2. The molecule has 0 aliphatic carbocycles. The fourth-order valence-corrected chi connectivity index (χ4v) is 3.91. The standard InChI is InChI=1S/C20H29N5OS/c1-21-19(23-11-14-26-15-17-7-3-2-4-8-17)22-10-9-18-16-27-20(24-18)25-12-5-6-13-25/h2-4,7-8,16H,5-6,9-15H2,1H3,(H2,21,22,23). The van der Waals surface area contributed by atoms with Gasteiger partial charge >= 0.3 is 0 Å². The van der Waals surface area contributed by atoms with Gasteiger partial charge in [-0.05, 0) is 18.4 Å². The predicted octanol–water partition coefficient (Wildman–Crippen LogP) is 2.67. The average molecular weight is 388 g/mol. The number of rotatable bonds is 9. The zero-order valence-corrected chi connectivity index (χ0v) is 16.8. The highest BCUT2D eigenvalue weighted by atomic mass is 32.1. The van der Waals surface area contributed by atoms with Crippen molar-refractivity contribution in [1.29, 1.82) is 0 Å². The van der Waals surface area contributed by atoms with Crippen LogP contribution in [0.25, 0.3) is 0 Å². The van der Waals surface area contributed by atoms with E-state index in [1.807, 2.05) is 18.2 Å². The average Bonchev–Trinajstić information content (AvgIpc) is 3.39. The second-order valence-corrected chi connectivity index (χ2v) is 7.37. The van der Waals surface area contributed by atoms with E-state index in [0.717, 1.165) is 44.3 Å². The zero-order chi connectivity index (χ0) is 18.7. The Kier molecular flexibility index (Phi) is 7.92.